The standard InChI is InChI=1S/C39H46BN3O6/c1-21(2)35(42-37(45)46-7)36(44)43-32-10-8-9-23(32)17-33(43)31-18-28-27-19-34-29(16-22(27)11-14-30(28)41-31)26-13-12-25(15-24(26)20-47-34)40-48-38(3,4)39(5,6)49-40/h11-16,19,21,23,32-33,35H,8-10,17-18,20H2,1-7H3,(H,42,45)/t23-,32-,33-,35-/m0/s1. The third-order valence-corrected chi connectivity index (χ3v) is 12.0. The van der Waals surface area contributed by atoms with E-state index >= 15 is 0 Å². The Morgan fingerprint density at radius 3 is 2.53 bits per heavy atom. The molecule has 4 atom stereocenters. The first-order valence-electron chi connectivity index (χ1n) is 17.8. The summed E-state index contributed by atoms with van der Waals surface area (Å²) in [6.07, 6.45) is 4.24. The summed E-state index contributed by atoms with van der Waals surface area (Å²) in [6.45, 7) is 12.7. The maximum Gasteiger partial charge on any atom is 0.494 e. The number of methoxy groups -OCH3 is 1. The minimum atomic E-state index is -0.654. The number of nitrogens with one attached hydrogen (secondary N) is 1. The lowest BCUT2D eigenvalue weighted by Crippen LogP contribution is -2.56. The van der Waals surface area contributed by atoms with Crippen LogP contribution in [0.15, 0.2) is 47.5 Å². The van der Waals surface area contributed by atoms with Gasteiger partial charge in [0.2, 0.25) is 5.91 Å². The number of nitrogens with zero attached hydrogens (tertiary/aromatic N) is 2. The number of likely N-dealkylation sites (tertiary alicyclic amines) is 1. The first-order valence-corrected chi connectivity index (χ1v) is 17.8. The van der Waals surface area contributed by atoms with Gasteiger partial charge in [-0.3, -0.25) is 9.79 Å². The molecule has 1 N–H and O–H groups in total. The molecule has 4 aliphatic heterocycles. The molecule has 4 heterocycles. The Kier molecular flexibility index (Phi) is 7.65. The smallest absolute Gasteiger partial charge is 0.488 e. The van der Waals surface area contributed by atoms with Crippen LogP contribution in [-0.4, -0.2) is 66.2 Å². The van der Waals surface area contributed by atoms with Gasteiger partial charge in [0, 0.05) is 23.7 Å². The predicted molar refractivity (Wildman–Crippen MR) is 191 cm³/mol. The molecule has 8 rings (SSSR count). The lowest BCUT2D eigenvalue weighted by molar-refractivity contribution is -0.136. The van der Waals surface area contributed by atoms with Crippen LogP contribution in [0.4, 0.5) is 10.5 Å². The van der Waals surface area contributed by atoms with Crippen molar-refractivity contribution >= 4 is 46.8 Å². The molecule has 1 saturated carbocycles. The topological polar surface area (TPSA) is 98.7 Å². The number of hydrogen-bond donors (Lipinski definition) is 1. The highest BCUT2D eigenvalue weighted by molar-refractivity contribution is 6.62. The van der Waals surface area contributed by atoms with E-state index in [2.05, 4.69) is 80.4 Å². The van der Waals surface area contributed by atoms with Crippen molar-refractivity contribution in [3.63, 3.8) is 0 Å². The summed E-state index contributed by atoms with van der Waals surface area (Å²) in [5.74, 6) is 1.21. The lowest BCUT2D eigenvalue weighted by Gasteiger charge is -2.34. The number of carbonyl (C=O) groups is 2. The number of rotatable bonds is 5. The third-order valence-electron chi connectivity index (χ3n) is 12.0. The van der Waals surface area contributed by atoms with E-state index in [1.54, 1.807) is 0 Å². The van der Waals surface area contributed by atoms with Crippen LogP contribution in [0.25, 0.3) is 21.9 Å². The number of alkyl carbamates (subject to hydrolysis) is 1. The monoisotopic (exact) mass is 663 g/mol. The van der Waals surface area contributed by atoms with Crippen LogP contribution in [0.5, 0.6) is 5.75 Å². The van der Waals surface area contributed by atoms with Crippen molar-refractivity contribution in [3.8, 4) is 16.9 Å². The molecule has 1 aliphatic carbocycles. The summed E-state index contributed by atoms with van der Waals surface area (Å²) in [5.41, 5.74) is 6.72. The summed E-state index contributed by atoms with van der Waals surface area (Å²) in [4.78, 5) is 33.7. The maximum absolute atomic E-state index is 14.2. The molecule has 2 saturated heterocycles. The Balaban J connectivity index is 1.08. The molecule has 10 heteroatoms. The zero-order valence-electron chi connectivity index (χ0n) is 29.6. The number of amides is 2. The minimum absolute atomic E-state index is 0.0360. The van der Waals surface area contributed by atoms with Gasteiger partial charge in [0.25, 0.3) is 0 Å². The van der Waals surface area contributed by atoms with Gasteiger partial charge < -0.3 is 29.0 Å². The summed E-state index contributed by atoms with van der Waals surface area (Å²) >= 11 is 0. The Labute approximate surface area is 288 Å². The quantitative estimate of drug-likeness (QED) is 0.314. The van der Waals surface area contributed by atoms with Crippen LogP contribution < -0.4 is 15.5 Å². The van der Waals surface area contributed by atoms with Crippen LogP contribution >= 0.6 is 0 Å². The van der Waals surface area contributed by atoms with E-state index in [1.807, 2.05) is 13.8 Å². The number of aliphatic imine (C=N–C) groups is 1. The molecule has 256 valence electrons. The van der Waals surface area contributed by atoms with Crippen molar-refractivity contribution in [2.24, 2.45) is 16.8 Å². The molecule has 0 aromatic heterocycles. The van der Waals surface area contributed by atoms with Gasteiger partial charge in [-0.15, -0.1) is 0 Å². The molecule has 9 nitrogen and oxygen atoms in total. The molecule has 3 aromatic rings. The molecular weight excluding hydrogens is 617 g/mol. The fraction of sp³-hybridized carbons (Fsp3) is 0.513. The summed E-state index contributed by atoms with van der Waals surface area (Å²) in [7, 11) is 0.911. The van der Waals surface area contributed by atoms with Crippen molar-refractivity contribution in [3.05, 3.63) is 53.6 Å². The van der Waals surface area contributed by atoms with Crippen molar-refractivity contribution in [1.29, 1.82) is 0 Å². The van der Waals surface area contributed by atoms with Crippen LogP contribution in [0.2, 0.25) is 0 Å². The first-order chi connectivity index (χ1) is 23.3. The summed E-state index contributed by atoms with van der Waals surface area (Å²) < 4.78 is 23.9. The van der Waals surface area contributed by atoms with Crippen molar-refractivity contribution < 1.29 is 28.4 Å². The average molecular weight is 664 g/mol. The molecular formula is C39H46BN3O6. The fourth-order valence-corrected chi connectivity index (χ4v) is 8.63. The summed E-state index contributed by atoms with van der Waals surface area (Å²) in [5, 5.41) is 5.09. The minimum Gasteiger partial charge on any atom is -0.488 e. The Bertz CT molecular complexity index is 1890. The second kappa shape index (κ2) is 11.6. The summed E-state index contributed by atoms with van der Waals surface area (Å²) in [6, 6.07) is 14.5. The van der Waals surface area contributed by atoms with E-state index in [9.17, 15) is 9.59 Å². The van der Waals surface area contributed by atoms with Gasteiger partial charge in [-0.05, 0) is 110 Å². The first kappa shape index (κ1) is 32.3. The molecule has 0 radical (unpaired) electrons. The molecule has 49 heavy (non-hydrogen) atoms. The number of fused-ring (bicyclic) bond motifs is 7. The molecule has 5 aliphatic rings. The van der Waals surface area contributed by atoms with E-state index in [0.29, 0.717) is 18.9 Å². The number of benzene rings is 3. The van der Waals surface area contributed by atoms with Gasteiger partial charge in [-0.1, -0.05) is 44.5 Å². The molecule has 0 bridgehead atoms. The second-order valence-electron chi connectivity index (χ2n) is 15.8. The van der Waals surface area contributed by atoms with Crippen LogP contribution in [0.1, 0.15) is 78.4 Å². The van der Waals surface area contributed by atoms with Crippen LogP contribution in [0.3, 0.4) is 0 Å². The van der Waals surface area contributed by atoms with E-state index in [1.165, 1.54) is 12.7 Å². The maximum atomic E-state index is 14.2. The average Bonchev–Trinajstić information content (AvgIpc) is 3.83. The lowest BCUT2D eigenvalue weighted by atomic mass is 9.77. The van der Waals surface area contributed by atoms with E-state index in [0.717, 1.165) is 75.8 Å². The zero-order valence-corrected chi connectivity index (χ0v) is 29.6. The van der Waals surface area contributed by atoms with Gasteiger partial charge in [0.15, 0.2) is 0 Å². The van der Waals surface area contributed by atoms with Gasteiger partial charge >= 0.3 is 13.2 Å². The normalized spacial score (nSPS) is 25.0. The zero-order chi connectivity index (χ0) is 34.4. The van der Waals surface area contributed by atoms with Crippen molar-refractivity contribution in [2.45, 2.75) is 110 Å². The fourth-order valence-electron chi connectivity index (χ4n) is 8.63. The highest BCUT2D eigenvalue weighted by Crippen LogP contribution is 2.47. The van der Waals surface area contributed by atoms with Gasteiger partial charge in [-0.25, -0.2) is 4.79 Å². The highest BCUT2D eigenvalue weighted by Gasteiger charge is 2.52. The van der Waals surface area contributed by atoms with Crippen LogP contribution in [0, 0.1) is 11.8 Å². The Morgan fingerprint density at radius 2 is 1.80 bits per heavy atom. The van der Waals surface area contributed by atoms with Crippen LogP contribution in [-0.2, 0) is 31.9 Å². The number of hydrogen-bond acceptors (Lipinski definition) is 7. The second-order valence-corrected chi connectivity index (χ2v) is 15.8. The molecule has 0 unspecified atom stereocenters. The predicted octanol–water partition coefficient (Wildman–Crippen LogP) is 6.48. The molecule has 3 fully saturated rings. The van der Waals surface area contributed by atoms with Gasteiger partial charge in [-0.2, -0.15) is 0 Å². The van der Waals surface area contributed by atoms with Crippen molar-refractivity contribution in [1.82, 2.24) is 10.2 Å². The molecule has 3 aromatic carbocycles. The van der Waals surface area contributed by atoms with Crippen molar-refractivity contribution in [2.75, 3.05) is 7.11 Å². The highest BCUT2D eigenvalue weighted by atomic mass is 16.7. The Hall–Kier alpha value is -3.89. The van der Waals surface area contributed by atoms with Gasteiger partial charge in [0.1, 0.15) is 18.4 Å². The number of ether oxygens (including phenoxy) is 2. The largest absolute Gasteiger partial charge is 0.494 e. The third kappa shape index (κ3) is 5.25. The van der Waals surface area contributed by atoms with E-state index in [4.69, 9.17) is 23.8 Å². The molecule has 0 spiro atoms. The number of carbonyl (C=O) groups excluding carboxylic acids is 2. The van der Waals surface area contributed by atoms with E-state index in [-0.39, 0.29) is 23.9 Å². The van der Waals surface area contributed by atoms with E-state index < -0.39 is 30.5 Å². The SMILES string of the molecule is COC(=O)N[C@H](C(=O)N1[C@H](C2=Nc3ccc4cc5c(cc4c3C2)OCc2cc(B3OC(C)(C)C(C)(C)O3)ccc2-5)C[C@@H]2CCC[C@@H]21)C(C)C. The molecule has 2 amide bonds. The van der Waals surface area contributed by atoms with Gasteiger partial charge in [0.05, 0.1) is 30.0 Å². The Morgan fingerprint density at radius 1 is 1.02 bits per heavy atom.